The van der Waals surface area contributed by atoms with Crippen LogP contribution in [-0.4, -0.2) is 14.9 Å². The van der Waals surface area contributed by atoms with E-state index in [-0.39, 0.29) is 5.88 Å². The van der Waals surface area contributed by atoms with E-state index in [2.05, 4.69) is 50.1 Å². The molecule has 102 valence electrons. The summed E-state index contributed by atoms with van der Waals surface area (Å²) in [5, 5.41) is 14.4. The van der Waals surface area contributed by atoms with Crippen LogP contribution in [0.2, 0.25) is 0 Å². The average molecular weight is 258 g/mol. The molecule has 0 aliphatic carbocycles. The third-order valence-corrected chi connectivity index (χ3v) is 3.30. The van der Waals surface area contributed by atoms with Crippen LogP contribution in [0.4, 0.5) is 0 Å². The smallest absolute Gasteiger partial charge is 0.238 e. The second-order valence-corrected chi connectivity index (χ2v) is 4.98. The van der Waals surface area contributed by atoms with Gasteiger partial charge in [-0.2, -0.15) is 0 Å². The summed E-state index contributed by atoms with van der Waals surface area (Å²) < 4.78 is 1.95. The molecule has 2 aromatic rings. The fourth-order valence-corrected chi connectivity index (χ4v) is 2.39. The first-order valence-corrected chi connectivity index (χ1v) is 7.03. The van der Waals surface area contributed by atoms with Crippen molar-refractivity contribution in [2.24, 2.45) is 0 Å². The molecule has 0 fully saturated rings. The highest BCUT2D eigenvalue weighted by Crippen LogP contribution is 2.33. The van der Waals surface area contributed by atoms with E-state index in [1.165, 1.54) is 5.56 Å². The lowest BCUT2D eigenvalue weighted by Gasteiger charge is -2.07. The molecule has 0 atom stereocenters. The summed E-state index contributed by atoms with van der Waals surface area (Å²) in [7, 11) is 0. The van der Waals surface area contributed by atoms with E-state index in [9.17, 15) is 5.11 Å². The van der Waals surface area contributed by atoms with Gasteiger partial charge >= 0.3 is 0 Å². The zero-order valence-corrected chi connectivity index (χ0v) is 12.0. The van der Waals surface area contributed by atoms with E-state index in [4.69, 9.17) is 0 Å². The van der Waals surface area contributed by atoms with Gasteiger partial charge in [-0.3, -0.25) is 4.68 Å². The van der Waals surface area contributed by atoms with Gasteiger partial charge < -0.3 is 5.11 Å². The first kappa shape index (κ1) is 13.7. The lowest BCUT2D eigenvalue weighted by atomic mass is 10.0. The Morgan fingerprint density at radius 2 is 1.79 bits per heavy atom. The number of aryl methyl sites for hydroxylation is 2. The summed E-state index contributed by atoms with van der Waals surface area (Å²) in [6.07, 6.45) is 3.01. The fourth-order valence-electron chi connectivity index (χ4n) is 2.39. The van der Waals surface area contributed by atoms with Crippen molar-refractivity contribution < 1.29 is 5.11 Å². The maximum Gasteiger partial charge on any atom is 0.238 e. The van der Waals surface area contributed by atoms with Crippen molar-refractivity contribution >= 4 is 0 Å². The van der Waals surface area contributed by atoms with Crippen LogP contribution in [0.15, 0.2) is 24.3 Å². The zero-order chi connectivity index (χ0) is 13.8. The first-order valence-electron chi connectivity index (χ1n) is 7.03. The summed E-state index contributed by atoms with van der Waals surface area (Å²) in [4.78, 5) is 0. The number of hydrogen-bond donors (Lipinski definition) is 1. The van der Waals surface area contributed by atoms with E-state index in [1.807, 2.05) is 4.68 Å². The number of rotatable bonds is 5. The third kappa shape index (κ3) is 2.80. The molecule has 1 heterocycles. The van der Waals surface area contributed by atoms with Gasteiger partial charge in [-0.05, 0) is 25.3 Å². The van der Waals surface area contributed by atoms with Crippen molar-refractivity contribution in [1.29, 1.82) is 0 Å². The molecule has 0 saturated heterocycles. The van der Waals surface area contributed by atoms with Crippen molar-refractivity contribution in [2.75, 3.05) is 0 Å². The predicted octanol–water partition coefficient (Wildman–Crippen LogP) is 3.93. The van der Waals surface area contributed by atoms with Crippen LogP contribution >= 0.6 is 0 Å². The van der Waals surface area contributed by atoms with E-state index < -0.39 is 0 Å². The maximum atomic E-state index is 10.2. The molecular formula is C16H22N2O. The zero-order valence-electron chi connectivity index (χ0n) is 12.0. The number of nitrogens with zero attached hydrogens (tertiary/aromatic N) is 2. The number of aromatic nitrogens is 2. The third-order valence-electron chi connectivity index (χ3n) is 3.30. The molecule has 0 radical (unpaired) electrons. The van der Waals surface area contributed by atoms with Gasteiger partial charge in [-0.25, -0.2) is 0 Å². The molecule has 0 saturated carbocycles. The van der Waals surface area contributed by atoms with Gasteiger partial charge in [0, 0.05) is 6.54 Å². The van der Waals surface area contributed by atoms with Crippen molar-refractivity contribution in [3.05, 3.63) is 35.5 Å². The molecular weight excluding hydrogens is 236 g/mol. The first-order chi connectivity index (χ1) is 9.17. The Morgan fingerprint density at radius 1 is 1.11 bits per heavy atom. The second kappa shape index (κ2) is 5.91. The van der Waals surface area contributed by atoms with Crippen LogP contribution in [0, 0.1) is 6.92 Å². The lowest BCUT2D eigenvalue weighted by molar-refractivity contribution is 0.436. The predicted molar refractivity (Wildman–Crippen MR) is 78.4 cm³/mol. The number of hydrogen-bond acceptors (Lipinski definition) is 2. The van der Waals surface area contributed by atoms with Crippen LogP contribution in [-0.2, 0) is 13.0 Å². The Bertz CT molecular complexity index is 541. The monoisotopic (exact) mass is 258 g/mol. The van der Waals surface area contributed by atoms with E-state index in [0.717, 1.165) is 42.6 Å². The molecule has 1 aromatic carbocycles. The van der Waals surface area contributed by atoms with Gasteiger partial charge in [-0.1, -0.05) is 50.1 Å². The molecule has 0 spiro atoms. The Kier molecular flexibility index (Phi) is 4.25. The van der Waals surface area contributed by atoms with E-state index in [0.29, 0.717) is 0 Å². The highest BCUT2D eigenvalue weighted by molar-refractivity contribution is 5.71. The Hall–Kier alpha value is -1.77. The van der Waals surface area contributed by atoms with Crippen LogP contribution in [0.5, 0.6) is 5.88 Å². The van der Waals surface area contributed by atoms with Crippen LogP contribution < -0.4 is 0 Å². The van der Waals surface area contributed by atoms with Gasteiger partial charge in [0.15, 0.2) is 0 Å². The van der Waals surface area contributed by atoms with E-state index in [1.54, 1.807) is 0 Å². The quantitative estimate of drug-likeness (QED) is 0.882. The summed E-state index contributed by atoms with van der Waals surface area (Å²) in [5.41, 5.74) is 4.32. The largest absolute Gasteiger partial charge is 0.492 e. The molecule has 0 aliphatic rings. The molecule has 0 aliphatic heterocycles. The molecule has 3 heteroatoms. The van der Waals surface area contributed by atoms with Crippen molar-refractivity contribution in [2.45, 2.75) is 46.6 Å². The van der Waals surface area contributed by atoms with Gasteiger partial charge in [0.1, 0.15) is 0 Å². The Morgan fingerprint density at radius 3 is 2.37 bits per heavy atom. The molecule has 19 heavy (non-hydrogen) atoms. The highest BCUT2D eigenvalue weighted by Gasteiger charge is 2.17. The molecule has 2 rings (SSSR count). The normalized spacial score (nSPS) is 10.9. The fraction of sp³-hybridized carbons (Fsp3) is 0.438. The van der Waals surface area contributed by atoms with E-state index >= 15 is 0 Å². The molecule has 3 nitrogen and oxygen atoms in total. The Balaban J connectivity index is 2.51. The van der Waals surface area contributed by atoms with Crippen LogP contribution in [0.1, 0.15) is 37.9 Å². The Labute approximate surface area is 114 Å². The second-order valence-electron chi connectivity index (χ2n) is 4.98. The molecule has 0 unspecified atom stereocenters. The standard InChI is InChI=1S/C16H22N2O/c1-4-6-14-15(13-9-7-12(3)8-10-13)16(19)17-18(14)11-5-2/h7-10H,4-6,11H2,1-3H3,(H,17,19). The lowest BCUT2D eigenvalue weighted by Crippen LogP contribution is -2.04. The number of aromatic hydroxyl groups is 1. The molecule has 0 bridgehead atoms. The van der Waals surface area contributed by atoms with Gasteiger partial charge in [0.2, 0.25) is 5.88 Å². The maximum absolute atomic E-state index is 10.2. The molecule has 0 amide bonds. The molecule has 1 aromatic heterocycles. The van der Waals surface area contributed by atoms with Gasteiger partial charge in [0.25, 0.3) is 0 Å². The van der Waals surface area contributed by atoms with Crippen molar-refractivity contribution in [1.82, 2.24) is 9.78 Å². The van der Waals surface area contributed by atoms with Gasteiger partial charge in [0.05, 0.1) is 11.3 Å². The minimum absolute atomic E-state index is 0.153. The topological polar surface area (TPSA) is 38.1 Å². The van der Waals surface area contributed by atoms with Crippen LogP contribution in [0.25, 0.3) is 11.1 Å². The minimum Gasteiger partial charge on any atom is -0.492 e. The summed E-state index contributed by atoms with van der Waals surface area (Å²) in [5.74, 6) is 0.153. The summed E-state index contributed by atoms with van der Waals surface area (Å²) in [6, 6.07) is 8.26. The average Bonchev–Trinajstić information content (AvgIpc) is 2.68. The van der Waals surface area contributed by atoms with Crippen molar-refractivity contribution in [3.63, 3.8) is 0 Å². The van der Waals surface area contributed by atoms with Gasteiger partial charge in [-0.15, -0.1) is 5.10 Å². The summed E-state index contributed by atoms with van der Waals surface area (Å²) in [6.45, 7) is 7.20. The van der Waals surface area contributed by atoms with Crippen molar-refractivity contribution in [3.8, 4) is 17.0 Å². The minimum atomic E-state index is 0.153. The SMILES string of the molecule is CCCc1c(-c2ccc(C)cc2)c(O)nn1CCC. The number of benzene rings is 1. The van der Waals surface area contributed by atoms with Crippen LogP contribution in [0.3, 0.4) is 0 Å². The highest BCUT2D eigenvalue weighted by atomic mass is 16.3. The summed E-state index contributed by atoms with van der Waals surface area (Å²) >= 11 is 0. The molecule has 1 N–H and O–H groups in total.